The Morgan fingerprint density at radius 1 is 1.15 bits per heavy atom. The number of hydrogen-bond donors (Lipinski definition) is 0. The maximum atomic E-state index is 5.51. The molecule has 4 heteroatoms. The zero-order chi connectivity index (χ0) is 9.90. The third kappa shape index (κ3) is 4.61. The van der Waals surface area contributed by atoms with Crippen LogP contribution in [0.15, 0.2) is 24.3 Å². The topological polar surface area (TPSA) is 9.23 Å². The van der Waals surface area contributed by atoms with E-state index in [1.165, 1.54) is 0 Å². The van der Waals surface area contributed by atoms with Crippen molar-refractivity contribution in [1.29, 1.82) is 0 Å². The van der Waals surface area contributed by atoms with Crippen molar-refractivity contribution in [3.05, 3.63) is 36.8 Å². The first kappa shape index (κ1) is 11.0. The second kappa shape index (κ2) is 4.41. The first-order valence-corrected chi connectivity index (χ1v) is 4.72. The number of hydrogen-bond acceptors (Lipinski definition) is 1. The molecule has 1 nitrogen and oxygen atoms in total. The highest BCUT2D eigenvalue weighted by Gasteiger charge is 2.20. The molecule has 0 unspecified atom stereocenters. The summed E-state index contributed by atoms with van der Waals surface area (Å²) in [5.74, 6) is 0.665. The van der Waals surface area contributed by atoms with Crippen molar-refractivity contribution in [3.8, 4) is 5.75 Å². The first-order valence-electron chi connectivity index (χ1n) is 3.59. The van der Waals surface area contributed by atoms with Gasteiger partial charge in [-0.15, -0.1) is 0 Å². The molecule has 1 radical (unpaired) electrons. The molecule has 13 heavy (non-hydrogen) atoms. The molecule has 0 saturated heterocycles. The number of alkyl halides is 3. The number of rotatable bonds is 2. The molecular formula is C9H8Cl3O. The van der Waals surface area contributed by atoms with Crippen LogP contribution >= 0.6 is 34.8 Å². The highest BCUT2D eigenvalue weighted by atomic mass is 35.6. The minimum absolute atomic E-state index is 0.0359. The van der Waals surface area contributed by atoms with Crippen LogP contribution in [0, 0.1) is 6.92 Å². The minimum Gasteiger partial charge on any atom is -0.489 e. The normalized spacial score (nSPS) is 11.4. The number of benzene rings is 1. The highest BCUT2D eigenvalue weighted by Crippen LogP contribution is 2.26. The smallest absolute Gasteiger partial charge is 0.223 e. The summed E-state index contributed by atoms with van der Waals surface area (Å²) in [5.41, 5.74) is 0.918. The van der Waals surface area contributed by atoms with Crippen LogP contribution in [0.25, 0.3) is 0 Å². The maximum Gasteiger partial charge on any atom is 0.223 e. The van der Waals surface area contributed by atoms with Gasteiger partial charge >= 0.3 is 0 Å². The minimum atomic E-state index is -1.37. The molecule has 0 aliphatic heterocycles. The van der Waals surface area contributed by atoms with E-state index in [4.69, 9.17) is 39.5 Å². The van der Waals surface area contributed by atoms with E-state index in [9.17, 15) is 0 Å². The molecular weight excluding hydrogens is 230 g/mol. The van der Waals surface area contributed by atoms with Gasteiger partial charge in [0.1, 0.15) is 12.4 Å². The van der Waals surface area contributed by atoms with Gasteiger partial charge in [0.2, 0.25) is 3.79 Å². The molecule has 0 spiro atoms. The Balaban J connectivity index is 2.51. The van der Waals surface area contributed by atoms with Crippen LogP contribution < -0.4 is 4.74 Å². The van der Waals surface area contributed by atoms with Gasteiger partial charge in [0.15, 0.2) is 0 Å². The summed E-state index contributed by atoms with van der Waals surface area (Å²) >= 11 is 16.5. The molecule has 0 aliphatic rings. The van der Waals surface area contributed by atoms with Gasteiger partial charge in [-0.1, -0.05) is 46.9 Å². The van der Waals surface area contributed by atoms with Crippen molar-refractivity contribution in [3.63, 3.8) is 0 Å². The Morgan fingerprint density at radius 2 is 1.69 bits per heavy atom. The Labute approximate surface area is 92.5 Å². The number of halogens is 3. The van der Waals surface area contributed by atoms with Crippen molar-refractivity contribution in [2.45, 2.75) is 3.79 Å². The summed E-state index contributed by atoms with van der Waals surface area (Å²) in [6.45, 7) is 3.77. The summed E-state index contributed by atoms with van der Waals surface area (Å²) in [7, 11) is 0. The Hall–Kier alpha value is -0.110. The quantitative estimate of drug-likeness (QED) is 0.715. The van der Waals surface area contributed by atoms with Gasteiger partial charge in [-0.05, 0) is 24.6 Å². The second-order valence-electron chi connectivity index (χ2n) is 2.55. The SMILES string of the molecule is [CH2]c1ccc(OCC(Cl)(Cl)Cl)cc1. The summed E-state index contributed by atoms with van der Waals surface area (Å²) in [4.78, 5) is 0. The monoisotopic (exact) mass is 237 g/mol. The van der Waals surface area contributed by atoms with Crippen LogP contribution in [0.4, 0.5) is 0 Å². The molecule has 1 aromatic rings. The predicted octanol–water partition coefficient (Wildman–Crippen LogP) is 3.62. The largest absolute Gasteiger partial charge is 0.489 e. The fourth-order valence-electron chi connectivity index (χ4n) is 0.751. The average Bonchev–Trinajstić information content (AvgIpc) is 2.02. The molecule has 1 aromatic carbocycles. The fourth-order valence-corrected chi connectivity index (χ4v) is 0.915. The van der Waals surface area contributed by atoms with Gasteiger partial charge < -0.3 is 4.74 Å². The standard InChI is InChI=1S/C9H8Cl3O/c1-7-2-4-8(5-3-7)13-6-9(10,11)12/h2-5H,1,6H2. The van der Waals surface area contributed by atoms with E-state index in [0.29, 0.717) is 5.75 Å². The van der Waals surface area contributed by atoms with E-state index >= 15 is 0 Å². The van der Waals surface area contributed by atoms with E-state index in [1.54, 1.807) is 12.1 Å². The molecule has 0 bridgehead atoms. The van der Waals surface area contributed by atoms with Crippen LogP contribution in [0.1, 0.15) is 5.56 Å². The lowest BCUT2D eigenvalue weighted by Crippen LogP contribution is -2.15. The highest BCUT2D eigenvalue weighted by molar-refractivity contribution is 6.67. The zero-order valence-electron chi connectivity index (χ0n) is 6.77. The zero-order valence-corrected chi connectivity index (χ0v) is 9.03. The van der Waals surface area contributed by atoms with Crippen molar-refractivity contribution in [1.82, 2.24) is 0 Å². The fraction of sp³-hybridized carbons (Fsp3) is 0.222. The average molecular weight is 239 g/mol. The van der Waals surface area contributed by atoms with Gasteiger partial charge in [0.25, 0.3) is 0 Å². The molecule has 1 rings (SSSR count). The molecule has 0 saturated carbocycles. The van der Waals surface area contributed by atoms with Gasteiger partial charge in [-0.25, -0.2) is 0 Å². The third-order valence-electron chi connectivity index (χ3n) is 1.33. The molecule has 0 heterocycles. The van der Waals surface area contributed by atoms with Gasteiger partial charge in [0, 0.05) is 0 Å². The number of ether oxygens (including phenoxy) is 1. The summed E-state index contributed by atoms with van der Waals surface area (Å²) in [6, 6.07) is 7.21. The van der Waals surface area contributed by atoms with Gasteiger partial charge in [0.05, 0.1) is 0 Å². The van der Waals surface area contributed by atoms with Crippen molar-refractivity contribution >= 4 is 34.8 Å². The maximum absolute atomic E-state index is 5.51. The van der Waals surface area contributed by atoms with Crippen LogP contribution in [-0.4, -0.2) is 10.4 Å². The molecule has 0 aliphatic carbocycles. The van der Waals surface area contributed by atoms with E-state index < -0.39 is 3.79 Å². The summed E-state index contributed by atoms with van der Waals surface area (Å²) in [6.07, 6.45) is 0. The van der Waals surface area contributed by atoms with Crippen molar-refractivity contribution in [2.75, 3.05) is 6.61 Å². The molecule has 0 amide bonds. The van der Waals surface area contributed by atoms with Crippen LogP contribution in [0.5, 0.6) is 5.75 Å². The van der Waals surface area contributed by atoms with Crippen molar-refractivity contribution in [2.24, 2.45) is 0 Å². The van der Waals surface area contributed by atoms with Gasteiger partial charge in [-0.3, -0.25) is 0 Å². The van der Waals surface area contributed by atoms with E-state index in [-0.39, 0.29) is 6.61 Å². The van der Waals surface area contributed by atoms with Crippen LogP contribution in [0.3, 0.4) is 0 Å². The Bertz CT molecular complexity index is 263. The van der Waals surface area contributed by atoms with E-state index in [1.807, 2.05) is 12.1 Å². The molecule has 0 fully saturated rings. The molecule has 0 aromatic heterocycles. The lowest BCUT2D eigenvalue weighted by atomic mass is 10.2. The summed E-state index contributed by atoms with van der Waals surface area (Å²) < 4.78 is 3.83. The third-order valence-corrected chi connectivity index (χ3v) is 1.65. The lowest BCUT2D eigenvalue weighted by Gasteiger charge is -2.12. The Kier molecular flexibility index (Phi) is 3.72. The van der Waals surface area contributed by atoms with Crippen LogP contribution in [-0.2, 0) is 0 Å². The van der Waals surface area contributed by atoms with Crippen molar-refractivity contribution < 1.29 is 4.74 Å². The van der Waals surface area contributed by atoms with Crippen LogP contribution in [0.2, 0.25) is 0 Å². The predicted molar refractivity (Wildman–Crippen MR) is 56.7 cm³/mol. The van der Waals surface area contributed by atoms with E-state index in [2.05, 4.69) is 6.92 Å². The first-order chi connectivity index (χ1) is 5.97. The second-order valence-corrected chi connectivity index (χ2v) is 5.06. The molecule has 0 N–H and O–H groups in total. The lowest BCUT2D eigenvalue weighted by molar-refractivity contribution is 0.326. The summed E-state index contributed by atoms with van der Waals surface area (Å²) in [5, 5.41) is 0. The Morgan fingerprint density at radius 3 is 2.15 bits per heavy atom. The molecule has 71 valence electrons. The van der Waals surface area contributed by atoms with E-state index in [0.717, 1.165) is 5.56 Å². The van der Waals surface area contributed by atoms with Gasteiger partial charge in [-0.2, -0.15) is 0 Å². The molecule has 0 atom stereocenters.